The highest BCUT2D eigenvalue weighted by Gasteiger charge is 2.22. The van der Waals surface area contributed by atoms with Gasteiger partial charge in [-0.1, -0.05) is 53.7 Å². The van der Waals surface area contributed by atoms with Crippen molar-refractivity contribution in [1.82, 2.24) is 14.5 Å². The fraction of sp³-hybridized carbons (Fsp3) is 0.250. The molecular formula is C28H28N4O2S. The average molecular weight is 485 g/mol. The largest absolute Gasteiger partial charge is 0.368 e. The third-order valence-electron chi connectivity index (χ3n) is 6.36. The van der Waals surface area contributed by atoms with E-state index in [-0.39, 0.29) is 17.2 Å². The molecule has 0 bridgehead atoms. The highest BCUT2D eigenvalue weighted by Crippen LogP contribution is 2.23. The summed E-state index contributed by atoms with van der Waals surface area (Å²) in [6.45, 7) is 7.09. The Kier molecular flexibility index (Phi) is 6.59. The van der Waals surface area contributed by atoms with E-state index in [9.17, 15) is 9.59 Å². The number of benzene rings is 3. The number of anilines is 1. The van der Waals surface area contributed by atoms with Crippen LogP contribution >= 0.6 is 11.8 Å². The Labute approximate surface area is 209 Å². The molecule has 1 aromatic heterocycles. The van der Waals surface area contributed by atoms with Gasteiger partial charge in [0.25, 0.3) is 5.56 Å². The molecular weight excluding hydrogens is 456 g/mol. The Morgan fingerprint density at radius 1 is 0.857 bits per heavy atom. The van der Waals surface area contributed by atoms with Crippen molar-refractivity contribution in [3.8, 4) is 5.69 Å². The lowest BCUT2D eigenvalue weighted by molar-refractivity contribution is -0.128. The first-order valence-electron chi connectivity index (χ1n) is 11.8. The fourth-order valence-electron chi connectivity index (χ4n) is 4.39. The van der Waals surface area contributed by atoms with E-state index >= 15 is 0 Å². The number of amides is 1. The maximum absolute atomic E-state index is 13.4. The zero-order chi connectivity index (χ0) is 24.4. The van der Waals surface area contributed by atoms with Gasteiger partial charge < -0.3 is 9.80 Å². The van der Waals surface area contributed by atoms with Crippen LogP contribution in [0.15, 0.2) is 82.7 Å². The summed E-state index contributed by atoms with van der Waals surface area (Å²) >= 11 is 1.32. The number of para-hydroxylation sites is 1. The predicted octanol–water partition coefficient (Wildman–Crippen LogP) is 4.44. The van der Waals surface area contributed by atoms with Crippen molar-refractivity contribution in [2.45, 2.75) is 19.0 Å². The topological polar surface area (TPSA) is 58.4 Å². The molecule has 0 N–H and O–H groups in total. The lowest BCUT2D eigenvalue weighted by Crippen LogP contribution is -2.49. The number of thioether (sulfide) groups is 1. The van der Waals surface area contributed by atoms with Crippen LogP contribution in [0.1, 0.15) is 11.1 Å². The van der Waals surface area contributed by atoms with E-state index in [0.717, 1.165) is 24.3 Å². The minimum absolute atomic E-state index is 0.0664. The van der Waals surface area contributed by atoms with Crippen molar-refractivity contribution >= 4 is 34.3 Å². The number of rotatable bonds is 5. The summed E-state index contributed by atoms with van der Waals surface area (Å²) in [5, 5.41) is 1.10. The third-order valence-corrected chi connectivity index (χ3v) is 7.28. The van der Waals surface area contributed by atoms with Gasteiger partial charge >= 0.3 is 0 Å². The molecule has 4 aromatic rings. The number of piperazine rings is 1. The van der Waals surface area contributed by atoms with Gasteiger partial charge in [-0.25, -0.2) is 4.98 Å². The molecule has 3 aromatic carbocycles. The molecule has 1 aliphatic rings. The summed E-state index contributed by atoms with van der Waals surface area (Å²) in [4.78, 5) is 35.5. The SMILES string of the molecule is Cc1ccc(-n2c(SCC(=O)N3CCN(c4cccc(C)c4)CC3)nc3ccccc3c2=O)cc1. The molecule has 0 spiro atoms. The molecule has 178 valence electrons. The molecule has 1 fully saturated rings. The molecule has 1 saturated heterocycles. The zero-order valence-electron chi connectivity index (χ0n) is 20.0. The first-order valence-corrected chi connectivity index (χ1v) is 12.8. The van der Waals surface area contributed by atoms with E-state index in [0.29, 0.717) is 29.1 Å². The molecule has 0 aliphatic carbocycles. The second-order valence-electron chi connectivity index (χ2n) is 8.88. The normalized spacial score (nSPS) is 13.9. The number of carbonyl (C=O) groups excluding carboxylic acids is 1. The van der Waals surface area contributed by atoms with Crippen LogP contribution in [-0.4, -0.2) is 52.3 Å². The summed E-state index contributed by atoms with van der Waals surface area (Å²) in [5.74, 6) is 0.304. The second kappa shape index (κ2) is 9.96. The van der Waals surface area contributed by atoms with Gasteiger partial charge in [0.15, 0.2) is 5.16 Å². The maximum atomic E-state index is 13.4. The number of fused-ring (bicyclic) bond motifs is 1. The molecule has 0 unspecified atom stereocenters. The van der Waals surface area contributed by atoms with Gasteiger partial charge in [-0.05, 0) is 55.8 Å². The van der Waals surface area contributed by atoms with Gasteiger partial charge in [0.05, 0.1) is 22.3 Å². The predicted molar refractivity (Wildman–Crippen MR) is 143 cm³/mol. The van der Waals surface area contributed by atoms with E-state index in [1.54, 1.807) is 10.6 Å². The van der Waals surface area contributed by atoms with Crippen molar-refractivity contribution < 1.29 is 4.79 Å². The first-order chi connectivity index (χ1) is 17.0. The summed E-state index contributed by atoms with van der Waals surface area (Å²) in [6, 6.07) is 23.6. The van der Waals surface area contributed by atoms with Crippen LogP contribution in [-0.2, 0) is 4.79 Å². The molecule has 1 aliphatic heterocycles. The van der Waals surface area contributed by atoms with E-state index in [1.165, 1.54) is 23.0 Å². The second-order valence-corrected chi connectivity index (χ2v) is 9.83. The molecule has 5 rings (SSSR count). The Morgan fingerprint density at radius 3 is 2.34 bits per heavy atom. The molecule has 0 saturated carbocycles. The summed E-state index contributed by atoms with van der Waals surface area (Å²) in [5.41, 5.74) is 4.82. The van der Waals surface area contributed by atoms with E-state index in [1.807, 2.05) is 54.3 Å². The van der Waals surface area contributed by atoms with E-state index < -0.39 is 0 Å². The minimum Gasteiger partial charge on any atom is -0.368 e. The lowest BCUT2D eigenvalue weighted by Gasteiger charge is -2.36. The maximum Gasteiger partial charge on any atom is 0.266 e. The van der Waals surface area contributed by atoms with Gasteiger partial charge in [-0.15, -0.1) is 0 Å². The number of carbonyl (C=O) groups is 1. The summed E-state index contributed by atoms with van der Waals surface area (Å²) in [7, 11) is 0. The zero-order valence-corrected chi connectivity index (χ0v) is 20.8. The summed E-state index contributed by atoms with van der Waals surface area (Å²) in [6.07, 6.45) is 0. The van der Waals surface area contributed by atoms with Gasteiger partial charge in [0.2, 0.25) is 5.91 Å². The van der Waals surface area contributed by atoms with E-state index in [2.05, 4.69) is 36.1 Å². The molecule has 2 heterocycles. The average Bonchev–Trinajstić information content (AvgIpc) is 2.88. The van der Waals surface area contributed by atoms with Gasteiger partial charge in [-0.3, -0.25) is 14.2 Å². The molecule has 35 heavy (non-hydrogen) atoms. The Morgan fingerprint density at radius 2 is 1.60 bits per heavy atom. The standard InChI is InChI=1S/C28H28N4O2S/c1-20-10-12-22(13-11-20)32-27(34)24-8-3-4-9-25(24)29-28(32)35-19-26(33)31-16-14-30(15-17-31)23-7-5-6-21(2)18-23/h3-13,18H,14-17,19H2,1-2H3. The molecule has 0 atom stereocenters. The fourth-order valence-corrected chi connectivity index (χ4v) is 5.30. The monoisotopic (exact) mass is 484 g/mol. The number of nitrogens with zero attached hydrogens (tertiary/aromatic N) is 4. The van der Waals surface area contributed by atoms with Crippen LogP contribution in [0.4, 0.5) is 5.69 Å². The minimum atomic E-state index is -0.124. The van der Waals surface area contributed by atoms with Crippen LogP contribution in [0.25, 0.3) is 16.6 Å². The molecule has 7 heteroatoms. The van der Waals surface area contributed by atoms with Crippen molar-refractivity contribution in [2.24, 2.45) is 0 Å². The molecule has 1 amide bonds. The number of hydrogen-bond donors (Lipinski definition) is 0. The molecule has 6 nitrogen and oxygen atoms in total. The van der Waals surface area contributed by atoms with Crippen LogP contribution in [0.3, 0.4) is 0 Å². The molecule has 0 radical (unpaired) electrons. The van der Waals surface area contributed by atoms with Crippen LogP contribution in [0.5, 0.6) is 0 Å². The Hall–Kier alpha value is -3.58. The van der Waals surface area contributed by atoms with Crippen molar-refractivity contribution in [3.63, 3.8) is 0 Å². The summed E-state index contributed by atoms with van der Waals surface area (Å²) < 4.78 is 1.62. The van der Waals surface area contributed by atoms with Gasteiger partial charge in [0, 0.05) is 31.9 Å². The highest BCUT2D eigenvalue weighted by molar-refractivity contribution is 7.99. The van der Waals surface area contributed by atoms with Gasteiger partial charge in [-0.2, -0.15) is 0 Å². The van der Waals surface area contributed by atoms with Gasteiger partial charge in [0.1, 0.15) is 0 Å². The van der Waals surface area contributed by atoms with Crippen LogP contribution in [0.2, 0.25) is 0 Å². The van der Waals surface area contributed by atoms with E-state index in [4.69, 9.17) is 4.98 Å². The Balaban J connectivity index is 1.33. The third kappa shape index (κ3) is 4.95. The van der Waals surface area contributed by atoms with Crippen LogP contribution in [0, 0.1) is 13.8 Å². The quantitative estimate of drug-likeness (QED) is 0.310. The van der Waals surface area contributed by atoms with Crippen LogP contribution < -0.4 is 10.5 Å². The number of aromatic nitrogens is 2. The number of hydrogen-bond acceptors (Lipinski definition) is 5. The first kappa shape index (κ1) is 23.2. The number of aryl methyl sites for hydroxylation is 2. The van der Waals surface area contributed by atoms with Crippen molar-refractivity contribution in [3.05, 3.63) is 94.3 Å². The highest BCUT2D eigenvalue weighted by atomic mass is 32.2. The smallest absolute Gasteiger partial charge is 0.266 e. The van der Waals surface area contributed by atoms with Crippen molar-refractivity contribution in [2.75, 3.05) is 36.8 Å². The Bertz CT molecular complexity index is 1420. The van der Waals surface area contributed by atoms with Crippen molar-refractivity contribution in [1.29, 1.82) is 0 Å². The lowest BCUT2D eigenvalue weighted by atomic mass is 10.2.